The lowest BCUT2D eigenvalue weighted by molar-refractivity contribution is -0.124. The van der Waals surface area contributed by atoms with E-state index in [4.69, 9.17) is 21.3 Å². The Bertz CT molecular complexity index is 1050. The summed E-state index contributed by atoms with van der Waals surface area (Å²) < 4.78 is 7.53. The average Bonchev–Trinajstić information content (AvgIpc) is 3.17. The summed E-state index contributed by atoms with van der Waals surface area (Å²) in [7, 11) is 0. The predicted molar refractivity (Wildman–Crippen MR) is 128 cm³/mol. The van der Waals surface area contributed by atoms with E-state index >= 15 is 0 Å². The summed E-state index contributed by atoms with van der Waals surface area (Å²) in [5, 5.41) is 3.89. The first kappa shape index (κ1) is 22.8. The molecule has 1 fully saturated rings. The van der Waals surface area contributed by atoms with Crippen LogP contribution in [0, 0.1) is 0 Å². The van der Waals surface area contributed by atoms with Gasteiger partial charge < -0.3 is 14.6 Å². The highest BCUT2D eigenvalue weighted by Gasteiger charge is 2.25. The minimum absolute atomic E-state index is 0.0451. The molecule has 7 heteroatoms. The zero-order valence-electron chi connectivity index (χ0n) is 18.6. The molecule has 4 rings (SSSR count). The summed E-state index contributed by atoms with van der Waals surface area (Å²) in [4.78, 5) is 20.6. The van der Waals surface area contributed by atoms with Crippen LogP contribution in [0.4, 0.5) is 0 Å². The predicted octanol–water partition coefficient (Wildman–Crippen LogP) is 4.07. The number of ether oxygens (including phenoxy) is 1. The normalized spacial score (nSPS) is 15.7. The Kier molecular flexibility index (Phi) is 7.79. The lowest BCUT2D eigenvalue weighted by atomic mass is 10.1. The quantitative estimate of drug-likeness (QED) is 0.529. The minimum Gasteiger partial charge on any atom is -0.379 e. The van der Waals surface area contributed by atoms with Crippen LogP contribution in [-0.4, -0.2) is 59.8 Å². The maximum Gasteiger partial charge on any atom is 0.243 e. The molecule has 6 nitrogen and oxygen atoms in total. The van der Waals surface area contributed by atoms with Gasteiger partial charge in [-0.1, -0.05) is 55.3 Å². The van der Waals surface area contributed by atoms with Crippen molar-refractivity contribution in [3.8, 4) is 0 Å². The van der Waals surface area contributed by atoms with Gasteiger partial charge in [-0.25, -0.2) is 4.98 Å². The Labute approximate surface area is 194 Å². The molecular weight excluding hydrogens is 424 g/mol. The van der Waals surface area contributed by atoms with Crippen LogP contribution in [0.1, 0.15) is 37.2 Å². The second kappa shape index (κ2) is 10.9. The van der Waals surface area contributed by atoms with E-state index in [1.807, 2.05) is 48.5 Å². The lowest BCUT2D eigenvalue weighted by Gasteiger charge is -2.27. The fraction of sp³-hybridized carbons (Fsp3) is 0.440. The number of imidazole rings is 1. The van der Waals surface area contributed by atoms with Crippen LogP contribution in [0.3, 0.4) is 0 Å². The molecule has 3 aromatic rings. The number of morpholine rings is 1. The first-order chi connectivity index (χ1) is 15.7. The zero-order chi connectivity index (χ0) is 22.3. The van der Waals surface area contributed by atoms with Gasteiger partial charge in [-0.15, -0.1) is 0 Å². The van der Waals surface area contributed by atoms with Crippen molar-refractivity contribution in [2.24, 2.45) is 0 Å². The van der Waals surface area contributed by atoms with Crippen molar-refractivity contribution in [1.29, 1.82) is 0 Å². The van der Waals surface area contributed by atoms with Gasteiger partial charge in [-0.2, -0.15) is 0 Å². The molecule has 0 aliphatic carbocycles. The number of benzene rings is 2. The fourth-order valence-electron chi connectivity index (χ4n) is 4.31. The number of carbonyl (C=O) groups is 1. The first-order valence-electron chi connectivity index (χ1n) is 11.4. The van der Waals surface area contributed by atoms with Crippen LogP contribution >= 0.6 is 11.6 Å². The van der Waals surface area contributed by atoms with Crippen LogP contribution in [-0.2, 0) is 16.0 Å². The molecule has 170 valence electrons. The van der Waals surface area contributed by atoms with Crippen molar-refractivity contribution >= 4 is 28.5 Å². The molecule has 0 spiro atoms. The molecule has 2 heterocycles. The third kappa shape index (κ3) is 5.31. The van der Waals surface area contributed by atoms with E-state index in [-0.39, 0.29) is 11.9 Å². The third-order valence-electron chi connectivity index (χ3n) is 5.98. The standard InChI is InChI=1S/C25H31ClN4O2/c1-2-7-23(25(31)27-12-13-29-14-16-32-17-15-29)30-22-11-6-5-10-21(22)28-24(30)18-19-8-3-4-9-20(19)26/h3-6,8-11,23H,2,7,12-18H2,1H3,(H,27,31)/t23-/m1/s1. The van der Waals surface area contributed by atoms with E-state index in [1.165, 1.54) is 0 Å². The molecule has 1 aliphatic heterocycles. The number of carbonyl (C=O) groups excluding carboxylic acids is 1. The van der Waals surface area contributed by atoms with Crippen LogP contribution in [0.25, 0.3) is 11.0 Å². The number of amides is 1. The number of hydrogen-bond acceptors (Lipinski definition) is 4. The molecular formula is C25H31ClN4O2. The largest absolute Gasteiger partial charge is 0.379 e. The summed E-state index contributed by atoms with van der Waals surface area (Å²) in [5.74, 6) is 0.907. The molecule has 32 heavy (non-hydrogen) atoms. The third-order valence-corrected chi connectivity index (χ3v) is 6.35. The van der Waals surface area contributed by atoms with Crippen molar-refractivity contribution in [3.05, 3.63) is 64.9 Å². The van der Waals surface area contributed by atoms with Gasteiger partial charge in [0.2, 0.25) is 5.91 Å². The highest BCUT2D eigenvalue weighted by atomic mass is 35.5. The highest BCUT2D eigenvalue weighted by Crippen LogP contribution is 2.27. The van der Waals surface area contributed by atoms with E-state index in [0.717, 1.165) is 68.1 Å². The van der Waals surface area contributed by atoms with Crippen LogP contribution in [0.5, 0.6) is 0 Å². The molecule has 0 unspecified atom stereocenters. The van der Waals surface area contributed by atoms with E-state index < -0.39 is 0 Å². The van der Waals surface area contributed by atoms with Crippen LogP contribution < -0.4 is 5.32 Å². The molecule has 1 saturated heterocycles. The zero-order valence-corrected chi connectivity index (χ0v) is 19.4. The Morgan fingerprint density at radius 1 is 1.16 bits per heavy atom. The first-order valence-corrected chi connectivity index (χ1v) is 11.8. The van der Waals surface area contributed by atoms with Gasteiger partial charge in [0.15, 0.2) is 0 Å². The van der Waals surface area contributed by atoms with Gasteiger partial charge >= 0.3 is 0 Å². The Morgan fingerprint density at radius 3 is 2.69 bits per heavy atom. The molecule has 1 amide bonds. The summed E-state index contributed by atoms with van der Waals surface area (Å²) in [6.45, 7) is 6.94. The molecule has 0 saturated carbocycles. The molecule has 0 bridgehead atoms. The van der Waals surface area contributed by atoms with Crippen molar-refractivity contribution in [1.82, 2.24) is 19.8 Å². The number of rotatable bonds is 9. The van der Waals surface area contributed by atoms with E-state index in [0.29, 0.717) is 18.0 Å². The van der Waals surface area contributed by atoms with Crippen molar-refractivity contribution in [3.63, 3.8) is 0 Å². The Hall–Kier alpha value is -2.41. The number of nitrogens with one attached hydrogen (secondary N) is 1. The number of para-hydroxylation sites is 2. The van der Waals surface area contributed by atoms with E-state index in [1.54, 1.807) is 0 Å². The highest BCUT2D eigenvalue weighted by molar-refractivity contribution is 6.31. The maximum absolute atomic E-state index is 13.4. The summed E-state index contributed by atoms with van der Waals surface area (Å²) in [6, 6.07) is 15.5. The van der Waals surface area contributed by atoms with Crippen LogP contribution in [0.15, 0.2) is 48.5 Å². The number of halogens is 1. The molecule has 0 radical (unpaired) electrons. The topological polar surface area (TPSA) is 59.4 Å². The number of aromatic nitrogens is 2. The lowest BCUT2D eigenvalue weighted by Crippen LogP contribution is -2.42. The van der Waals surface area contributed by atoms with Crippen molar-refractivity contribution < 1.29 is 9.53 Å². The smallest absolute Gasteiger partial charge is 0.243 e. The second-order valence-corrected chi connectivity index (χ2v) is 8.61. The van der Waals surface area contributed by atoms with Gasteiger partial charge in [0.05, 0.1) is 24.2 Å². The molecule has 1 aromatic heterocycles. The van der Waals surface area contributed by atoms with Crippen LogP contribution in [0.2, 0.25) is 5.02 Å². The number of fused-ring (bicyclic) bond motifs is 1. The average molecular weight is 455 g/mol. The second-order valence-electron chi connectivity index (χ2n) is 8.20. The van der Waals surface area contributed by atoms with E-state index in [9.17, 15) is 4.79 Å². The molecule has 2 aromatic carbocycles. The Morgan fingerprint density at radius 2 is 1.91 bits per heavy atom. The van der Waals surface area contributed by atoms with Gasteiger partial charge in [0.25, 0.3) is 0 Å². The minimum atomic E-state index is -0.311. The van der Waals surface area contributed by atoms with Crippen molar-refractivity contribution in [2.75, 3.05) is 39.4 Å². The molecule has 1 atom stereocenters. The number of hydrogen-bond donors (Lipinski definition) is 1. The Balaban J connectivity index is 1.58. The van der Waals surface area contributed by atoms with Gasteiger partial charge in [0, 0.05) is 37.6 Å². The van der Waals surface area contributed by atoms with Crippen molar-refractivity contribution in [2.45, 2.75) is 32.2 Å². The number of nitrogens with zero attached hydrogens (tertiary/aromatic N) is 3. The van der Waals surface area contributed by atoms with Gasteiger partial charge in [0.1, 0.15) is 11.9 Å². The van der Waals surface area contributed by atoms with E-state index in [2.05, 4.69) is 21.7 Å². The monoisotopic (exact) mass is 454 g/mol. The summed E-state index contributed by atoms with van der Waals surface area (Å²) in [5.41, 5.74) is 2.89. The van der Waals surface area contributed by atoms with Gasteiger partial charge in [-0.3, -0.25) is 9.69 Å². The van der Waals surface area contributed by atoms with Gasteiger partial charge in [-0.05, 0) is 30.2 Å². The fourth-order valence-corrected chi connectivity index (χ4v) is 4.51. The summed E-state index contributed by atoms with van der Waals surface area (Å²) >= 11 is 6.44. The SMILES string of the molecule is CCC[C@H](C(=O)NCCN1CCOCC1)n1c(Cc2ccccc2Cl)nc2ccccc21. The maximum atomic E-state index is 13.4. The molecule has 1 aliphatic rings. The molecule has 1 N–H and O–H groups in total. The summed E-state index contributed by atoms with van der Waals surface area (Å²) in [6.07, 6.45) is 2.23.